The molecular formula is C9H11NO3S. The molecule has 5 heteroatoms. The third kappa shape index (κ3) is 2.38. The zero-order chi connectivity index (χ0) is 10.6. The first-order valence-corrected chi connectivity index (χ1v) is 5.12. The molecule has 0 N–H and O–H groups in total. The zero-order valence-electron chi connectivity index (χ0n) is 8.02. The summed E-state index contributed by atoms with van der Waals surface area (Å²) < 4.78 is 5.09. The molecule has 0 aromatic heterocycles. The summed E-state index contributed by atoms with van der Waals surface area (Å²) in [5.41, 5.74) is 0.0988. The lowest BCUT2D eigenvalue weighted by Crippen LogP contribution is -1.91. The first-order valence-electron chi connectivity index (χ1n) is 4.14. The Balaban J connectivity index is 3.07. The molecule has 0 unspecified atom stereocenters. The van der Waals surface area contributed by atoms with Crippen LogP contribution in [0.15, 0.2) is 23.1 Å². The number of methoxy groups -OCH3 is 1. The molecule has 1 aromatic carbocycles. The van der Waals surface area contributed by atoms with Crippen LogP contribution < -0.4 is 4.74 Å². The summed E-state index contributed by atoms with van der Waals surface area (Å²) in [7, 11) is 1.56. The van der Waals surface area contributed by atoms with Crippen LogP contribution in [0.5, 0.6) is 5.75 Å². The molecule has 0 radical (unpaired) electrons. The van der Waals surface area contributed by atoms with Crippen LogP contribution in [0, 0.1) is 10.1 Å². The van der Waals surface area contributed by atoms with Gasteiger partial charge in [0.05, 0.1) is 16.9 Å². The summed E-state index contributed by atoms with van der Waals surface area (Å²) in [6.07, 6.45) is 0. The van der Waals surface area contributed by atoms with E-state index >= 15 is 0 Å². The largest absolute Gasteiger partial charge is 0.496 e. The number of rotatable bonds is 4. The number of hydrogen-bond donors (Lipinski definition) is 0. The van der Waals surface area contributed by atoms with Gasteiger partial charge in [-0.05, 0) is 11.8 Å². The van der Waals surface area contributed by atoms with Gasteiger partial charge in [-0.2, -0.15) is 0 Å². The van der Waals surface area contributed by atoms with Crippen LogP contribution in [0.25, 0.3) is 0 Å². The maximum atomic E-state index is 10.5. The first kappa shape index (κ1) is 10.8. The number of ether oxygens (including phenoxy) is 1. The van der Waals surface area contributed by atoms with Crippen LogP contribution in [0.4, 0.5) is 5.69 Å². The van der Waals surface area contributed by atoms with Gasteiger partial charge in [0, 0.05) is 12.1 Å². The quantitative estimate of drug-likeness (QED) is 0.438. The lowest BCUT2D eigenvalue weighted by Gasteiger charge is -2.05. The van der Waals surface area contributed by atoms with Crippen molar-refractivity contribution in [3.63, 3.8) is 0 Å². The molecule has 14 heavy (non-hydrogen) atoms. The number of nitro benzene ring substituents is 1. The number of nitro groups is 1. The van der Waals surface area contributed by atoms with Gasteiger partial charge in [-0.1, -0.05) is 6.92 Å². The number of non-ortho nitro benzene ring substituents is 1. The average molecular weight is 213 g/mol. The summed E-state index contributed by atoms with van der Waals surface area (Å²) in [5, 5.41) is 10.5. The molecule has 0 spiro atoms. The molecule has 0 aliphatic carbocycles. The van der Waals surface area contributed by atoms with Crippen molar-refractivity contribution in [3.05, 3.63) is 28.3 Å². The molecule has 0 heterocycles. The Labute approximate surface area is 86.4 Å². The molecule has 4 nitrogen and oxygen atoms in total. The molecule has 1 aromatic rings. The zero-order valence-corrected chi connectivity index (χ0v) is 8.84. The van der Waals surface area contributed by atoms with E-state index in [0.717, 1.165) is 10.6 Å². The monoisotopic (exact) mass is 213 g/mol. The topological polar surface area (TPSA) is 52.4 Å². The van der Waals surface area contributed by atoms with Gasteiger partial charge >= 0.3 is 0 Å². The molecule has 0 amide bonds. The maximum Gasteiger partial charge on any atom is 0.270 e. The minimum Gasteiger partial charge on any atom is -0.496 e. The van der Waals surface area contributed by atoms with Crippen molar-refractivity contribution in [1.29, 1.82) is 0 Å². The van der Waals surface area contributed by atoms with Gasteiger partial charge in [0.15, 0.2) is 0 Å². The normalized spacial score (nSPS) is 9.86. The maximum absolute atomic E-state index is 10.5. The van der Waals surface area contributed by atoms with E-state index in [-0.39, 0.29) is 5.69 Å². The molecule has 0 saturated carbocycles. The van der Waals surface area contributed by atoms with Gasteiger partial charge in [0.1, 0.15) is 5.75 Å². The fourth-order valence-electron chi connectivity index (χ4n) is 1.05. The number of hydrogen-bond acceptors (Lipinski definition) is 4. The van der Waals surface area contributed by atoms with Crippen molar-refractivity contribution in [2.24, 2.45) is 0 Å². The smallest absolute Gasteiger partial charge is 0.270 e. The van der Waals surface area contributed by atoms with E-state index in [1.54, 1.807) is 13.2 Å². The Kier molecular flexibility index (Phi) is 3.76. The van der Waals surface area contributed by atoms with E-state index in [9.17, 15) is 10.1 Å². The van der Waals surface area contributed by atoms with Crippen LogP contribution >= 0.6 is 11.8 Å². The third-order valence-electron chi connectivity index (χ3n) is 1.66. The summed E-state index contributed by atoms with van der Waals surface area (Å²) >= 11 is 1.53. The number of benzene rings is 1. The number of nitrogens with zero attached hydrogens (tertiary/aromatic N) is 1. The van der Waals surface area contributed by atoms with Crippen molar-refractivity contribution >= 4 is 17.4 Å². The lowest BCUT2D eigenvalue weighted by molar-refractivity contribution is -0.385. The van der Waals surface area contributed by atoms with Gasteiger partial charge in [-0.15, -0.1) is 11.8 Å². The Morgan fingerprint density at radius 2 is 2.29 bits per heavy atom. The SMILES string of the molecule is CCSc1cc([N+](=O)[O-])ccc1OC. The van der Waals surface area contributed by atoms with E-state index in [1.165, 1.54) is 23.9 Å². The van der Waals surface area contributed by atoms with Gasteiger partial charge in [0.25, 0.3) is 5.69 Å². The minimum atomic E-state index is -0.404. The van der Waals surface area contributed by atoms with Gasteiger partial charge < -0.3 is 4.74 Å². The second-order valence-electron chi connectivity index (χ2n) is 2.53. The van der Waals surface area contributed by atoms with Crippen LogP contribution in [0.2, 0.25) is 0 Å². The fourth-order valence-corrected chi connectivity index (χ4v) is 1.86. The summed E-state index contributed by atoms with van der Waals surface area (Å²) in [6.45, 7) is 1.99. The number of thioether (sulfide) groups is 1. The van der Waals surface area contributed by atoms with Crippen LogP contribution in [0.1, 0.15) is 6.92 Å². The van der Waals surface area contributed by atoms with Crippen molar-refractivity contribution in [1.82, 2.24) is 0 Å². The molecule has 0 bridgehead atoms. The van der Waals surface area contributed by atoms with E-state index in [0.29, 0.717) is 5.75 Å². The van der Waals surface area contributed by atoms with E-state index in [1.807, 2.05) is 6.92 Å². The minimum absolute atomic E-state index is 0.0988. The molecule has 1 rings (SSSR count). The molecule has 76 valence electrons. The van der Waals surface area contributed by atoms with Gasteiger partial charge in [-0.3, -0.25) is 10.1 Å². The highest BCUT2D eigenvalue weighted by Crippen LogP contribution is 2.32. The van der Waals surface area contributed by atoms with Crippen LogP contribution in [-0.4, -0.2) is 17.8 Å². The molecule has 0 fully saturated rings. The Hall–Kier alpha value is -1.23. The molecule has 0 aliphatic heterocycles. The molecule has 0 aliphatic rings. The van der Waals surface area contributed by atoms with Gasteiger partial charge in [0.2, 0.25) is 0 Å². The fraction of sp³-hybridized carbons (Fsp3) is 0.333. The van der Waals surface area contributed by atoms with E-state index < -0.39 is 4.92 Å². The van der Waals surface area contributed by atoms with Crippen LogP contribution in [0.3, 0.4) is 0 Å². The van der Waals surface area contributed by atoms with E-state index in [4.69, 9.17) is 4.74 Å². The Morgan fingerprint density at radius 3 is 2.79 bits per heavy atom. The predicted molar refractivity (Wildman–Crippen MR) is 56.0 cm³/mol. The Morgan fingerprint density at radius 1 is 1.57 bits per heavy atom. The van der Waals surface area contributed by atoms with Crippen molar-refractivity contribution in [3.8, 4) is 5.75 Å². The molecular weight excluding hydrogens is 202 g/mol. The average Bonchev–Trinajstić information content (AvgIpc) is 2.18. The van der Waals surface area contributed by atoms with Crippen molar-refractivity contribution in [2.75, 3.05) is 12.9 Å². The standard InChI is InChI=1S/C9H11NO3S/c1-3-14-9-6-7(10(11)12)4-5-8(9)13-2/h4-6H,3H2,1-2H3. The van der Waals surface area contributed by atoms with E-state index in [2.05, 4.69) is 0 Å². The highest BCUT2D eigenvalue weighted by atomic mass is 32.2. The van der Waals surface area contributed by atoms with Crippen molar-refractivity contribution in [2.45, 2.75) is 11.8 Å². The third-order valence-corrected chi connectivity index (χ3v) is 2.58. The highest BCUT2D eigenvalue weighted by Gasteiger charge is 2.10. The lowest BCUT2D eigenvalue weighted by atomic mass is 10.3. The summed E-state index contributed by atoms with van der Waals surface area (Å²) in [6, 6.07) is 4.60. The van der Waals surface area contributed by atoms with Crippen molar-refractivity contribution < 1.29 is 9.66 Å². The summed E-state index contributed by atoms with van der Waals surface area (Å²) in [5.74, 6) is 1.54. The van der Waals surface area contributed by atoms with Gasteiger partial charge in [-0.25, -0.2) is 0 Å². The highest BCUT2D eigenvalue weighted by molar-refractivity contribution is 7.99. The second-order valence-corrected chi connectivity index (χ2v) is 3.83. The molecule has 0 saturated heterocycles. The predicted octanol–water partition coefficient (Wildman–Crippen LogP) is 2.72. The molecule has 0 atom stereocenters. The Bertz CT molecular complexity index is 341. The first-order chi connectivity index (χ1) is 6.69. The second kappa shape index (κ2) is 4.85. The summed E-state index contributed by atoms with van der Waals surface area (Å²) in [4.78, 5) is 10.9. The van der Waals surface area contributed by atoms with Crippen LogP contribution in [-0.2, 0) is 0 Å².